The summed E-state index contributed by atoms with van der Waals surface area (Å²) >= 11 is 0. The second-order valence-electron chi connectivity index (χ2n) is 4.58. The van der Waals surface area contributed by atoms with Crippen LogP contribution < -0.4 is 10.5 Å². The molecule has 0 atom stereocenters. The van der Waals surface area contributed by atoms with E-state index in [1.165, 1.54) is 19.2 Å². The molecule has 0 bridgehead atoms. The fourth-order valence-electron chi connectivity index (χ4n) is 1.82. The molecule has 1 amide bonds. The van der Waals surface area contributed by atoms with Gasteiger partial charge in [-0.1, -0.05) is 0 Å². The molecular formula is C14H21FN2O2. The van der Waals surface area contributed by atoms with Gasteiger partial charge in [-0.15, -0.1) is 0 Å². The van der Waals surface area contributed by atoms with E-state index in [0.29, 0.717) is 18.7 Å². The highest BCUT2D eigenvalue weighted by molar-refractivity contribution is 5.94. The Balaban J connectivity index is 2.93. The highest BCUT2D eigenvalue weighted by Gasteiger charge is 2.19. The number of nitrogens with zero attached hydrogens (tertiary/aromatic N) is 1. The van der Waals surface area contributed by atoms with Gasteiger partial charge in [-0.05, 0) is 45.0 Å². The Morgan fingerprint density at radius 1 is 1.47 bits per heavy atom. The molecule has 0 fully saturated rings. The van der Waals surface area contributed by atoms with Gasteiger partial charge in [0.2, 0.25) is 0 Å². The van der Waals surface area contributed by atoms with Crippen molar-refractivity contribution in [3.8, 4) is 5.75 Å². The van der Waals surface area contributed by atoms with Crippen molar-refractivity contribution >= 4 is 5.91 Å². The topological polar surface area (TPSA) is 55.6 Å². The van der Waals surface area contributed by atoms with E-state index in [1.54, 1.807) is 11.0 Å². The number of rotatable bonds is 6. The van der Waals surface area contributed by atoms with Gasteiger partial charge in [-0.25, -0.2) is 4.39 Å². The Labute approximate surface area is 113 Å². The van der Waals surface area contributed by atoms with Gasteiger partial charge >= 0.3 is 0 Å². The van der Waals surface area contributed by atoms with E-state index < -0.39 is 5.82 Å². The van der Waals surface area contributed by atoms with Crippen molar-refractivity contribution < 1.29 is 13.9 Å². The summed E-state index contributed by atoms with van der Waals surface area (Å²) in [6.45, 7) is 4.94. The summed E-state index contributed by atoms with van der Waals surface area (Å²) in [6.07, 6.45) is 0.725. The van der Waals surface area contributed by atoms with E-state index in [2.05, 4.69) is 0 Å². The molecular weight excluding hydrogens is 247 g/mol. The average molecular weight is 268 g/mol. The molecule has 1 aromatic carbocycles. The molecule has 0 aliphatic rings. The molecule has 0 aliphatic heterocycles. The summed E-state index contributed by atoms with van der Waals surface area (Å²) in [5.41, 5.74) is 5.79. The summed E-state index contributed by atoms with van der Waals surface area (Å²) in [6, 6.07) is 4.29. The van der Waals surface area contributed by atoms with Crippen LogP contribution in [-0.2, 0) is 0 Å². The monoisotopic (exact) mass is 268 g/mol. The number of methoxy groups -OCH3 is 1. The van der Waals surface area contributed by atoms with Crippen molar-refractivity contribution in [2.24, 2.45) is 5.73 Å². The van der Waals surface area contributed by atoms with Gasteiger partial charge in [-0.3, -0.25) is 4.79 Å². The minimum absolute atomic E-state index is 0.0456. The van der Waals surface area contributed by atoms with E-state index >= 15 is 0 Å². The normalized spacial score (nSPS) is 10.6. The van der Waals surface area contributed by atoms with Gasteiger partial charge in [0.05, 0.1) is 7.11 Å². The molecule has 0 radical (unpaired) electrons. The summed E-state index contributed by atoms with van der Waals surface area (Å²) in [4.78, 5) is 14.0. The van der Waals surface area contributed by atoms with Crippen LogP contribution in [0.25, 0.3) is 0 Å². The van der Waals surface area contributed by atoms with Crippen LogP contribution in [0.3, 0.4) is 0 Å². The molecule has 0 unspecified atom stereocenters. The molecule has 0 aromatic heterocycles. The number of carbonyl (C=O) groups excluding carboxylic acids is 1. The van der Waals surface area contributed by atoms with Crippen LogP contribution in [0.4, 0.5) is 4.39 Å². The van der Waals surface area contributed by atoms with Crippen LogP contribution >= 0.6 is 0 Å². The standard InChI is InChI=1S/C14H21FN2O2/c1-10(2)17(8-4-7-16)14(18)11-5-6-13(19-3)12(15)9-11/h5-6,9-10H,4,7-8,16H2,1-3H3. The highest BCUT2D eigenvalue weighted by Crippen LogP contribution is 2.19. The molecule has 0 spiro atoms. The fourth-order valence-corrected chi connectivity index (χ4v) is 1.82. The highest BCUT2D eigenvalue weighted by atomic mass is 19.1. The zero-order chi connectivity index (χ0) is 14.4. The molecule has 2 N–H and O–H groups in total. The number of halogens is 1. The molecule has 0 aliphatic carbocycles. The van der Waals surface area contributed by atoms with Crippen LogP contribution in [0, 0.1) is 5.82 Å². The predicted octanol–water partition coefficient (Wildman–Crippen LogP) is 2.03. The Kier molecular flexibility index (Phi) is 5.76. The van der Waals surface area contributed by atoms with Crippen molar-refractivity contribution in [1.29, 1.82) is 0 Å². The first-order chi connectivity index (χ1) is 9.01. The molecule has 5 heteroatoms. The van der Waals surface area contributed by atoms with Crippen LogP contribution in [0.5, 0.6) is 5.75 Å². The predicted molar refractivity (Wildman–Crippen MR) is 72.8 cm³/mol. The van der Waals surface area contributed by atoms with E-state index in [9.17, 15) is 9.18 Å². The summed E-state index contributed by atoms with van der Waals surface area (Å²) < 4.78 is 18.4. The third-order valence-electron chi connectivity index (χ3n) is 2.89. The fraction of sp³-hybridized carbons (Fsp3) is 0.500. The first kappa shape index (κ1) is 15.4. The van der Waals surface area contributed by atoms with E-state index in [-0.39, 0.29) is 17.7 Å². The summed E-state index contributed by atoms with van der Waals surface area (Å²) in [5.74, 6) is -0.588. The largest absolute Gasteiger partial charge is 0.494 e. The number of hydrogen-bond donors (Lipinski definition) is 1. The van der Waals surface area contributed by atoms with Gasteiger partial charge in [-0.2, -0.15) is 0 Å². The first-order valence-corrected chi connectivity index (χ1v) is 6.35. The summed E-state index contributed by atoms with van der Waals surface area (Å²) in [7, 11) is 1.39. The van der Waals surface area contributed by atoms with Crippen molar-refractivity contribution in [1.82, 2.24) is 4.90 Å². The average Bonchev–Trinajstić information content (AvgIpc) is 2.38. The van der Waals surface area contributed by atoms with Crippen molar-refractivity contribution in [3.05, 3.63) is 29.6 Å². The molecule has 1 rings (SSSR count). The number of amides is 1. The maximum atomic E-state index is 13.6. The Bertz CT molecular complexity index is 435. The van der Waals surface area contributed by atoms with E-state index in [0.717, 1.165) is 6.42 Å². The Morgan fingerprint density at radius 2 is 2.16 bits per heavy atom. The third-order valence-corrected chi connectivity index (χ3v) is 2.89. The SMILES string of the molecule is COc1ccc(C(=O)N(CCCN)C(C)C)cc1F. The molecule has 0 heterocycles. The molecule has 19 heavy (non-hydrogen) atoms. The quantitative estimate of drug-likeness (QED) is 0.859. The molecule has 0 saturated heterocycles. The van der Waals surface area contributed by atoms with Crippen LogP contribution in [0.2, 0.25) is 0 Å². The van der Waals surface area contributed by atoms with Crippen LogP contribution in [0.1, 0.15) is 30.6 Å². The maximum absolute atomic E-state index is 13.6. The Hall–Kier alpha value is -1.62. The minimum Gasteiger partial charge on any atom is -0.494 e. The van der Waals surface area contributed by atoms with Gasteiger partial charge in [0.15, 0.2) is 11.6 Å². The third kappa shape index (κ3) is 3.92. The second kappa shape index (κ2) is 7.09. The lowest BCUT2D eigenvalue weighted by molar-refractivity contribution is 0.0704. The van der Waals surface area contributed by atoms with Crippen molar-refractivity contribution in [2.75, 3.05) is 20.2 Å². The van der Waals surface area contributed by atoms with Gasteiger partial charge in [0.1, 0.15) is 0 Å². The lowest BCUT2D eigenvalue weighted by Gasteiger charge is -2.26. The molecule has 1 aromatic rings. The van der Waals surface area contributed by atoms with E-state index in [4.69, 9.17) is 10.5 Å². The zero-order valence-corrected chi connectivity index (χ0v) is 11.6. The van der Waals surface area contributed by atoms with Crippen LogP contribution in [-0.4, -0.2) is 37.0 Å². The number of carbonyl (C=O) groups is 1. The Morgan fingerprint density at radius 3 is 2.63 bits per heavy atom. The molecule has 0 saturated carbocycles. The molecule has 106 valence electrons. The van der Waals surface area contributed by atoms with Crippen LogP contribution in [0.15, 0.2) is 18.2 Å². The van der Waals surface area contributed by atoms with Gasteiger partial charge in [0, 0.05) is 18.2 Å². The second-order valence-corrected chi connectivity index (χ2v) is 4.58. The van der Waals surface area contributed by atoms with Crippen molar-refractivity contribution in [2.45, 2.75) is 26.3 Å². The maximum Gasteiger partial charge on any atom is 0.254 e. The number of ether oxygens (including phenoxy) is 1. The van der Waals surface area contributed by atoms with Gasteiger partial charge < -0.3 is 15.4 Å². The lowest BCUT2D eigenvalue weighted by atomic mass is 10.1. The number of benzene rings is 1. The number of hydrogen-bond acceptors (Lipinski definition) is 3. The number of nitrogens with two attached hydrogens (primary N) is 1. The zero-order valence-electron chi connectivity index (χ0n) is 11.6. The van der Waals surface area contributed by atoms with E-state index in [1.807, 2.05) is 13.8 Å². The van der Waals surface area contributed by atoms with Gasteiger partial charge in [0.25, 0.3) is 5.91 Å². The lowest BCUT2D eigenvalue weighted by Crippen LogP contribution is -2.38. The van der Waals surface area contributed by atoms with Crippen molar-refractivity contribution in [3.63, 3.8) is 0 Å². The first-order valence-electron chi connectivity index (χ1n) is 6.35. The minimum atomic E-state index is -0.532. The summed E-state index contributed by atoms with van der Waals surface area (Å²) in [5, 5.41) is 0. The smallest absolute Gasteiger partial charge is 0.254 e. The molecule has 4 nitrogen and oxygen atoms in total.